The van der Waals surface area contributed by atoms with Crippen LogP contribution in [0, 0.1) is 0 Å². The zero-order valence-electron chi connectivity index (χ0n) is 19.9. The minimum Gasteiger partial charge on any atom is -0.497 e. The largest absolute Gasteiger partial charge is 0.497 e. The van der Waals surface area contributed by atoms with Gasteiger partial charge in [-0.1, -0.05) is 73.3 Å². The molecule has 4 aromatic rings. The van der Waals surface area contributed by atoms with Crippen LogP contribution in [-0.4, -0.2) is 34.9 Å². The summed E-state index contributed by atoms with van der Waals surface area (Å²) in [4.78, 5) is 30.7. The number of hydrogen-bond donors (Lipinski definition) is 1. The molecule has 0 saturated heterocycles. The highest BCUT2D eigenvalue weighted by molar-refractivity contribution is 7.99. The lowest BCUT2D eigenvalue weighted by atomic mass is 9.96. The van der Waals surface area contributed by atoms with Crippen LogP contribution in [-0.2, 0) is 11.3 Å². The molecule has 7 heteroatoms. The molecule has 1 atom stereocenters. The van der Waals surface area contributed by atoms with E-state index in [1.165, 1.54) is 17.3 Å². The van der Waals surface area contributed by atoms with Crippen LogP contribution >= 0.6 is 11.8 Å². The minimum absolute atomic E-state index is 0.0808. The number of benzene rings is 3. The lowest BCUT2D eigenvalue weighted by Gasteiger charge is -2.17. The van der Waals surface area contributed by atoms with Gasteiger partial charge in [-0.15, -0.1) is 0 Å². The summed E-state index contributed by atoms with van der Waals surface area (Å²) in [5, 5.41) is 4.13. The maximum Gasteiger partial charge on any atom is 0.262 e. The molecule has 3 aromatic carbocycles. The molecule has 35 heavy (non-hydrogen) atoms. The fourth-order valence-electron chi connectivity index (χ4n) is 3.95. The molecule has 4 rings (SSSR count). The van der Waals surface area contributed by atoms with E-state index in [1.807, 2.05) is 60.7 Å². The average Bonchev–Trinajstić information content (AvgIpc) is 2.90. The third kappa shape index (κ3) is 6.11. The number of methoxy groups -OCH3 is 1. The Morgan fingerprint density at radius 2 is 1.74 bits per heavy atom. The summed E-state index contributed by atoms with van der Waals surface area (Å²) in [7, 11) is 1.62. The summed E-state index contributed by atoms with van der Waals surface area (Å²) >= 11 is 1.28. The number of carbonyl (C=O) groups excluding carboxylic acids is 1. The van der Waals surface area contributed by atoms with E-state index in [-0.39, 0.29) is 23.1 Å². The predicted molar refractivity (Wildman–Crippen MR) is 141 cm³/mol. The number of para-hydroxylation sites is 1. The van der Waals surface area contributed by atoms with Crippen LogP contribution in [0.25, 0.3) is 10.9 Å². The third-order valence-electron chi connectivity index (χ3n) is 5.97. The Kier molecular flexibility index (Phi) is 8.21. The van der Waals surface area contributed by atoms with Crippen molar-refractivity contribution in [2.24, 2.45) is 0 Å². The fraction of sp³-hybridized carbons (Fsp3) is 0.250. The van der Waals surface area contributed by atoms with E-state index in [0.717, 1.165) is 17.7 Å². The Morgan fingerprint density at radius 3 is 2.46 bits per heavy atom. The maximum atomic E-state index is 13.3. The average molecular weight is 488 g/mol. The summed E-state index contributed by atoms with van der Waals surface area (Å²) in [6, 6.07) is 25.1. The molecule has 1 aromatic heterocycles. The monoisotopic (exact) mass is 487 g/mol. The van der Waals surface area contributed by atoms with Crippen LogP contribution in [0.3, 0.4) is 0 Å². The van der Waals surface area contributed by atoms with Gasteiger partial charge in [0.05, 0.1) is 30.3 Å². The third-order valence-corrected chi connectivity index (χ3v) is 6.94. The quantitative estimate of drug-likeness (QED) is 0.256. The Balaban J connectivity index is 1.50. The number of carbonyl (C=O) groups is 1. The molecular weight excluding hydrogens is 458 g/mol. The number of rotatable bonds is 10. The molecule has 0 aliphatic rings. The number of amides is 1. The first-order valence-corrected chi connectivity index (χ1v) is 12.6. The molecule has 0 aliphatic carbocycles. The van der Waals surface area contributed by atoms with Gasteiger partial charge in [-0.05, 0) is 41.8 Å². The van der Waals surface area contributed by atoms with Gasteiger partial charge in [0.2, 0.25) is 5.91 Å². The second-order valence-corrected chi connectivity index (χ2v) is 9.20. The van der Waals surface area contributed by atoms with Crippen molar-refractivity contribution in [2.75, 3.05) is 19.4 Å². The molecule has 0 saturated carbocycles. The van der Waals surface area contributed by atoms with Gasteiger partial charge in [0.15, 0.2) is 5.16 Å². The molecular formula is C28H29N3O3S. The number of ether oxygens (including phenoxy) is 1. The smallest absolute Gasteiger partial charge is 0.262 e. The lowest BCUT2D eigenvalue weighted by molar-refractivity contribution is -0.118. The first kappa shape index (κ1) is 24.5. The number of aromatic nitrogens is 2. The second-order valence-electron chi connectivity index (χ2n) is 8.26. The highest BCUT2D eigenvalue weighted by Crippen LogP contribution is 2.21. The van der Waals surface area contributed by atoms with Crippen LogP contribution < -0.4 is 15.6 Å². The summed E-state index contributed by atoms with van der Waals surface area (Å²) in [6.07, 6.45) is 0.936. The lowest BCUT2D eigenvalue weighted by Crippen LogP contribution is -2.30. The SMILES string of the molecule is CCC(CNC(=O)CSc1nc2ccccc2c(=O)n1Cc1ccc(OC)cc1)c1ccccc1. The van der Waals surface area contributed by atoms with Crippen LogP contribution in [0.15, 0.2) is 88.8 Å². The molecule has 6 nitrogen and oxygen atoms in total. The van der Waals surface area contributed by atoms with E-state index in [0.29, 0.717) is 29.1 Å². The van der Waals surface area contributed by atoms with E-state index in [4.69, 9.17) is 9.72 Å². The molecule has 1 unspecified atom stereocenters. The predicted octanol–water partition coefficient (Wildman–Crippen LogP) is 4.86. The Bertz CT molecular complexity index is 1340. The van der Waals surface area contributed by atoms with Gasteiger partial charge in [0, 0.05) is 12.5 Å². The Morgan fingerprint density at radius 1 is 1.03 bits per heavy atom. The fourth-order valence-corrected chi connectivity index (χ4v) is 4.78. The Labute approximate surface area is 209 Å². The summed E-state index contributed by atoms with van der Waals surface area (Å²) in [5.41, 5.74) is 2.67. The molecule has 0 fully saturated rings. The maximum absolute atomic E-state index is 13.3. The summed E-state index contributed by atoms with van der Waals surface area (Å²) in [6.45, 7) is 3.05. The molecule has 0 aliphatic heterocycles. The van der Waals surface area contributed by atoms with Gasteiger partial charge in [-0.25, -0.2) is 4.98 Å². The first-order valence-electron chi connectivity index (χ1n) is 11.7. The van der Waals surface area contributed by atoms with Crippen LogP contribution in [0.4, 0.5) is 0 Å². The second kappa shape index (κ2) is 11.7. The van der Waals surface area contributed by atoms with E-state index in [1.54, 1.807) is 17.7 Å². The zero-order valence-corrected chi connectivity index (χ0v) is 20.8. The van der Waals surface area contributed by atoms with Gasteiger partial charge in [-0.3, -0.25) is 14.2 Å². The van der Waals surface area contributed by atoms with Crippen LogP contribution in [0.2, 0.25) is 0 Å². The minimum atomic E-state index is -0.121. The first-order chi connectivity index (χ1) is 17.1. The topological polar surface area (TPSA) is 73.2 Å². The highest BCUT2D eigenvalue weighted by atomic mass is 32.2. The molecule has 1 heterocycles. The van der Waals surface area contributed by atoms with Gasteiger partial charge < -0.3 is 10.1 Å². The van der Waals surface area contributed by atoms with Gasteiger partial charge in [0.25, 0.3) is 5.56 Å². The molecule has 0 bridgehead atoms. The number of fused-ring (bicyclic) bond motifs is 1. The standard InChI is InChI=1S/C28H29N3O3S/c1-3-21(22-9-5-4-6-10-22)17-29-26(32)19-35-28-30-25-12-8-7-11-24(25)27(33)31(28)18-20-13-15-23(34-2)16-14-20/h4-16,21H,3,17-19H2,1-2H3,(H,29,32). The number of nitrogens with zero attached hydrogens (tertiary/aromatic N) is 2. The van der Waals surface area contributed by atoms with Gasteiger partial charge in [-0.2, -0.15) is 0 Å². The van der Waals surface area contributed by atoms with E-state index in [9.17, 15) is 9.59 Å². The zero-order chi connectivity index (χ0) is 24.6. The van der Waals surface area contributed by atoms with Crippen molar-refractivity contribution in [1.82, 2.24) is 14.9 Å². The number of nitrogens with one attached hydrogen (secondary N) is 1. The highest BCUT2D eigenvalue weighted by Gasteiger charge is 2.15. The molecule has 1 amide bonds. The van der Waals surface area contributed by atoms with Crippen molar-refractivity contribution in [3.63, 3.8) is 0 Å². The van der Waals surface area contributed by atoms with E-state index < -0.39 is 0 Å². The molecule has 0 radical (unpaired) electrons. The van der Waals surface area contributed by atoms with Crippen molar-refractivity contribution < 1.29 is 9.53 Å². The Hall–Kier alpha value is -3.58. The number of thioether (sulfide) groups is 1. The molecule has 0 spiro atoms. The van der Waals surface area contributed by atoms with E-state index >= 15 is 0 Å². The number of hydrogen-bond acceptors (Lipinski definition) is 5. The van der Waals surface area contributed by atoms with Crippen molar-refractivity contribution in [3.8, 4) is 5.75 Å². The van der Waals surface area contributed by atoms with Crippen LogP contribution in [0.1, 0.15) is 30.4 Å². The summed E-state index contributed by atoms with van der Waals surface area (Å²) in [5.74, 6) is 1.11. The van der Waals surface area contributed by atoms with Gasteiger partial charge >= 0.3 is 0 Å². The van der Waals surface area contributed by atoms with Crippen molar-refractivity contribution in [2.45, 2.75) is 31.0 Å². The normalized spacial score (nSPS) is 11.8. The van der Waals surface area contributed by atoms with Crippen molar-refractivity contribution in [1.29, 1.82) is 0 Å². The van der Waals surface area contributed by atoms with Crippen molar-refractivity contribution in [3.05, 3.63) is 100 Å². The molecule has 1 N–H and O–H groups in total. The van der Waals surface area contributed by atoms with E-state index in [2.05, 4.69) is 24.4 Å². The van der Waals surface area contributed by atoms with Gasteiger partial charge in [0.1, 0.15) is 5.75 Å². The van der Waals surface area contributed by atoms with Crippen LogP contribution in [0.5, 0.6) is 5.75 Å². The summed E-state index contributed by atoms with van der Waals surface area (Å²) < 4.78 is 6.88. The van der Waals surface area contributed by atoms with Crippen molar-refractivity contribution >= 4 is 28.6 Å². The molecule has 180 valence electrons.